The number of methoxy groups -OCH3 is 1. The van der Waals surface area contributed by atoms with Crippen LogP contribution >= 0.6 is 12.2 Å². The highest BCUT2D eigenvalue weighted by Gasteiger charge is 2.26. The first kappa shape index (κ1) is 19.0. The Hall–Kier alpha value is -2.04. The number of aliphatic imine (C=N–C) groups is 1. The van der Waals surface area contributed by atoms with Crippen LogP contribution in [-0.4, -0.2) is 36.2 Å². The molecule has 6 heteroatoms. The molecule has 0 aliphatic carbocycles. The molecule has 1 aromatic rings. The fourth-order valence-electron chi connectivity index (χ4n) is 2.19. The number of nitrogens with zero attached hydrogens (tertiary/aromatic N) is 1. The van der Waals surface area contributed by atoms with Crippen molar-refractivity contribution in [2.45, 2.75) is 38.8 Å². The summed E-state index contributed by atoms with van der Waals surface area (Å²) in [6.07, 6.45) is 0.893. The normalized spacial score (nSPS) is 12.9. The van der Waals surface area contributed by atoms with Gasteiger partial charge in [0, 0.05) is 6.42 Å². The molecule has 0 fully saturated rings. The number of carbonyl (C=O) groups is 2. The van der Waals surface area contributed by atoms with E-state index in [1.165, 1.54) is 7.11 Å². The Morgan fingerprint density at radius 1 is 1.30 bits per heavy atom. The third kappa shape index (κ3) is 6.72. The lowest BCUT2D eigenvalue weighted by Gasteiger charge is -2.20. The zero-order chi connectivity index (χ0) is 17.2. The number of nitrogens with one attached hydrogen (secondary N) is 1. The first-order valence-electron chi connectivity index (χ1n) is 7.47. The largest absolute Gasteiger partial charge is 0.467 e. The molecule has 23 heavy (non-hydrogen) atoms. The van der Waals surface area contributed by atoms with E-state index in [9.17, 15) is 9.59 Å². The number of esters is 1. The van der Waals surface area contributed by atoms with Crippen LogP contribution in [0.3, 0.4) is 0 Å². The topological polar surface area (TPSA) is 67.8 Å². The van der Waals surface area contributed by atoms with E-state index < -0.39 is 18.1 Å². The van der Waals surface area contributed by atoms with Crippen LogP contribution in [0, 0.1) is 5.92 Å². The Balaban J connectivity index is 2.83. The Morgan fingerprint density at radius 3 is 2.48 bits per heavy atom. The molecule has 0 saturated heterocycles. The van der Waals surface area contributed by atoms with Gasteiger partial charge in [0.15, 0.2) is 0 Å². The van der Waals surface area contributed by atoms with Crippen molar-refractivity contribution in [2.75, 3.05) is 7.11 Å². The number of hydrogen-bond donors (Lipinski definition) is 1. The highest BCUT2D eigenvalue weighted by atomic mass is 32.1. The van der Waals surface area contributed by atoms with Crippen LogP contribution in [0.2, 0.25) is 0 Å². The molecule has 0 aliphatic rings. The smallest absolute Gasteiger partial charge is 0.328 e. The molecule has 1 rings (SSSR count). The second-order valence-electron chi connectivity index (χ2n) is 5.64. The Morgan fingerprint density at radius 2 is 1.96 bits per heavy atom. The van der Waals surface area contributed by atoms with Crippen LogP contribution in [0.4, 0.5) is 0 Å². The molecule has 0 aromatic heterocycles. The van der Waals surface area contributed by atoms with Crippen LogP contribution < -0.4 is 5.32 Å². The summed E-state index contributed by atoms with van der Waals surface area (Å²) < 4.78 is 4.75. The van der Waals surface area contributed by atoms with Crippen LogP contribution in [0.25, 0.3) is 0 Å². The lowest BCUT2D eigenvalue weighted by atomic mass is 10.0. The summed E-state index contributed by atoms with van der Waals surface area (Å²) in [6.45, 7) is 3.94. The number of isothiocyanates is 1. The predicted octanol–water partition coefficient (Wildman–Crippen LogP) is 2.40. The highest BCUT2D eigenvalue weighted by molar-refractivity contribution is 7.78. The number of carbonyl (C=O) groups excluding carboxylic acids is 2. The second kappa shape index (κ2) is 9.87. The number of ether oxygens (including phenoxy) is 1. The standard InChI is InChI=1S/C17H22N2O3S/c1-12(2)9-15(17(21)22-3)19-16(20)14(18-11-23)10-13-7-5-4-6-8-13/h4-8,12,14-15H,9-10H2,1-3H3,(H,19,20)/t14-,15-/m0/s1. The number of thiocarbonyl (C=S) groups is 1. The first-order chi connectivity index (χ1) is 11.0. The molecule has 0 bridgehead atoms. The minimum Gasteiger partial charge on any atom is -0.467 e. The lowest BCUT2D eigenvalue weighted by Crippen LogP contribution is -2.46. The van der Waals surface area contributed by atoms with Crippen molar-refractivity contribution >= 4 is 29.3 Å². The zero-order valence-corrected chi connectivity index (χ0v) is 14.4. The van der Waals surface area contributed by atoms with Gasteiger partial charge in [-0.3, -0.25) is 4.79 Å². The molecule has 2 atom stereocenters. The molecule has 0 saturated carbocycles. The van der Waals surface area contributed by atoms with E-state index in [1.54, 1.807) is 0 Å². The van der Waals surface area contributed by atoms with Gasteiger partial charge in [-0.2, -0.15) is 0 Å². The van der Waals surface area contributed by atoms with Crippen molar-refractivity contribution < 1.29 is 14.3 Å². The van der Waals surface area contributed by atoms with E-state index in [-0.39, 0.29) is 11.8 Å². The third-order valence-electron chi connectivity index (χ3n) is 3.29. The van der Waals surface area contributed by atoms with Gasteiger partial charge in [-0.1, -0.05) is 44.2 Å². The van der Waals surface area contributed by atoms with Crippen molar-refractivity contribution in [1.29, 1.82) is 0 Å². The molecule has 0 radical (unpaired) electrons. The maximum absolute atomic E-state index is 12.5. The third-order valence-corrected chi connectivity index (χ3v) is 3.40. The average Bonchev–Trinajstić information content (AvgIpc) is 2.53. The van der Waals surface area contributed by atoms with Crippen molar-refractivity contribution in [3.05, 3.63) is 35.9 Å². The molecule has 0 spiro atoms. The maximum atomic E-state index is 12.5. The van der Waals surface area contributed by atoms with Gasteiger partial charge in [0.2, 0.25) is 5.91 Å². The number of amides is 1. The molecule has 1 aromatic carbocycles. The molecule has 1 amide bonds. The van der Waals surface area contributed by atoms with E-state index >= 15 is 0 Å². The number of rotatable bonds is 8. The van der Waals surface area contributed by atoms with E-state index in [0.717, 1.165) is 5.56 Å². The first-order valence-corrected chi connectivity index (χ1v) is 7.87. The average molecular weight is 334 g/mol. The van der Waals surface area contributed by atoms with Crippen molar-refractivity contribution in [1.82, 2.24) is 5.32 Å². The van der Waals surface area contributed by atoms with Crippen LogP contribution in [0.15, 0.2) is 35.3 Å². The quantitative estimate of drug-likeness (QED) is 0.450. The van der Waals surface area contributed by atoms with Gasteiger partial charge in [0.1, 0.15) is 12.1 Å². The molecule has 124 valence electrons. The maximum Gasteiger partial charge on any atom is 0.328 e. The van der Waals surface area contributed by atoms with E-state index in [1.807, 2.05) is 44.2 Å². The van der Waals surface area contributed by atoms with Gasteiger partial charge in [-0.05, 0) is 30.1 Å². The SMILES string of the molecule is COC(=O)[C@H](CC(C)C)NC(=O)[C@H](Cc1ccccc1)N=C=S. The monoisotopic (exact) mass is 334 g/mol. The van der Waals surface area contributed by atoms with Gasteiger partial charge in [-0.15, -0.1) is 0 Å². The van der Waals surface area contributed by atoms with Crippen LogP contribution in [0.1, 0.15) is 25.8 Å². The van der Waals surface area contributed by atoms with E-state index in [2.05, 4.69) is 27.7 Å². The summed E-state index contributed by atoms with van der Waals surface area (Å²) in [5, 5.41) is 4.97. The molecular weight excluding hydrogens is 312 g/mol. The molecule has 0 aliphatic heterocycles. The van der Waals surface area contributed by atoms with Gasteiger partial charge in [0.25, 0.3) is 0 Å². The van der Waals surface area contributed by atoms with Gasteiger partial charge >= 0.3 is 5.97 Å². The van der Waals surface area contributed by atoms with Crippen molar-refractivity contribution in [2.24, 2.45) is 10.9 Å². The molecular formula is C17H22N2O3S. The van der Waals surface area contributed by atoms with E-state index in [4.69, 9.17) is 4.74 Å². The molecule has 0 heterocycles. The van der Waals surface area contributed by atoms with Gasteiger partial charge in [0.05, 0.1) is 12.3 Å². The summed E-state index contributed by atoms with van der Waals surface area (Å²) in [5.41, 5.74) is 0.958. The zero-order valence-electron chi connectivity index (χ0n) is 13.6. The molecule has 1 N–H and O–H groups in total. The number of hydrogen-bond acceptors (Lipinski definition) is 5. The van der Waals surface area contributed by atoms with Crippen molar-refractivity contribution in [3.8, 4) is 0 Å². The van der Waals surface area contributed by atoms with Crippen LogP contribution in [-0.2, 0) is 20.7 Å². The number of benzene rings is 1. The Kier molecular flexibility index (Phi) is 8.16. The second-order valence-corrected chi connectivity index (χ2v) is 5.82. The summed E-state index contributed by atoms with van der Waals surface area (Å²) >= 11 is 4.63. The summed E-state index contributed by atoms with van der Waals surface area (Å²) in [7, 11) is 1.30. The fraction of sp³-hybridized carbons (Fsp3) is 0.471. The van der Waals surface area contributed by atoms with Gasteiger partial charge in [-0.25, -0.2) is 9.79 Å². The molecule has 5 nitrogen and oxygen atoms in total. The Bertz CT molecular complexity index is 568. The minimum absolute atomic E-state index is 0.237. The highest BCUT2D eigenvalue weighted by Crippen LogP contribution is 2.10. The van der Waals surface area contributed by atoms with Crippen molar-refractivity contribution in [3.63, 3.8) is 0 Å². The fourth-order valence-corrected chi connectivity index (χ4v) is 2.32. The summed E-state index contributed by atoms with van der Waals surface area (Å²) in [5.74, 6) is -0.583. The van der Waals surface area contributed by atoms with Crippen LogP contribution in [0.5, 0.6) is 0 Å². The minimum atomic E-state index is -0.714. The predicted molar refractivity (Wildman–Crippen MR) is 92.4 cm³/mol. The summed E-state index contributed by atoms with van der Waals surface area (Å²) in [6, 6.07) is 8.09. The molecule has 0 unspecified atom stereocenters. The van der Waals surface area contributed by atoms with E-state index in [0.29, 0.717) is 12.8 Å². The summed E-state index contributed by atoms with van der Waals surface area (Å²) in [4.78, 5) is 28.2. The van der Waals surface area contributed by atoms with Gasteiger partial charge < -0.3 is 10.1 Å². The lowest BCUT2D eigenvalue weighted by molar-refractivity contribution is -0.145. The Labute approximate surface area is 142 Å².